The summed E-state index contributed by atoms with van der Waals surface area (Å²) < 4.78 is 10.3. The van der Waals surface area contributed by atoms with Crippen LogP contribution in [0.15, 0.2) is 17.0 Å². The Morgan fingerprint density at radius 3 is 2.54 bits per heavy atom. The summed E-state index contributed by atoms with van der Waals surface area (Å²) in [5.41, 5.74) is 0.314. The lowest BCUT2D eigenvalue weighted by molar-refractivity contribution is -0.145. The van der Waals surface area contributed by atoms with Crippen LogP contribution >= 0.6 is 11.8 Å². The van der Waals surface area contributed by atoms with Crippen LogP contribution in [0, 0.1) is 0 Å². The molecule has 1 aromatic carbocycles. The van der Waals surface area contributed by atoms with Gasteiger partial charge in [-0.25, -0.2) is 9.59 Å². The molecule has 0 fully saturated rings. The molecule has 0 aliphatic carbocycles. The molecular formula is C15H21NO7S. The lowest BCUT2D eigenvalue weighted by Crippen LogP contribution is -2.21. The van der Waals surface area contributed by atoms with Gasteiger partial charge >= 0.3 is 12.1 Å². The summed E-state index contributed by atoms with van der Waals surface area (Å²) in [5.74, 6) is -1.59. The van der Waals surface area contributed by atoms with E-state index in [1.807, 2.05) is 0 Å². The lowest BCUT2D eigenvalue weighted by atomic mass is 10.2. The molecule has 8 nitrogen and oxygen atoms in total. The number of hydrogen-bond donors (Lipinski definition) is 4. The Morgan fingerprint density at radius 1 is 1.33 bits per heavy atom. The number of aliphatic carboxylic acids is 1. The Morgan fingerprint density at radius 2 is 2.00 bits per heavy atom. The van der Waals surface area contributed by atoms with Crippen molar-refractivity contribution >= 4 is 29.5 Å². The number of phenols is 1. The first-order valence-corrected chi connectivity index (χ1v) is 8.24. The van der Waals surface area contributed by atoms with Crippen molar-refractivity contribution in [1.29, 1.82) is 0 Å². The van der Waals surface area contributed by atoms with Crippen molar-refractivity contribution in [2.45, 2.75) is 37.9 Å². The van der Waals surface area contributed by atoms with Crippen molar-refractivity contribution in [3.8, 4) is 11.5 Å². The van der Waals surface area contributed by atoms with Gasteiger partial charge in [0.25, 0.3) is 0 Å². The van der Waals surface area contributed by atoms with Gasteiger partial charge < -0.3 is 24.8 Å². The Hall–Kier alpha value is -2.13. The highest BCUT2D eigenvalue weighted by atomic mass is 32.2. The van der Waals surface area contributed by atoms with Gasteiger partial charge in [0.2, 0.25) is 0 Å². The van der Waals surface area contributed by atoms with Crippen LogP contribution in [0.5, 0.6) is 11.5 Å². The van der Waals surface area contributed by atoms with E-state index in [2.05, 4.69) is 5.32 Å². The minimum absolute atomic E-state index is 0.132. The highest BCUT2D eigenvalue weighted by molar-refractivity contribution is 7.99. The van der Waals surface area contributed by atoms with Crippen LogP contribution in [0.4, 0.5) is 10.5 Å². The third kappa shape index (κ3) is 6.17. The number of nitrogens with one attached hydrogen (secondary N) is 1. The Labute approximate surface area is 143 Å². The van der Waals surface area contributed by atoms with Gasteiger partial charge in [0.05, 0.1) is 17.6 Å². The van der Waals surface area contributed by atoms with E-state index in [0.29, 0.717) is 5.69 Å². The zero-order valence-corrected chi connectivity index (χ0v) is 14.4. The van der Waals surface area contributed by atoms with Gasteiger partial charge in [0, 0.05) is 17.5 Å². The van der Waals surface area contributed by atoms with Crippen LogP contribution in [-0.4, -0.2) is 51.9 Å². The molecule has 0 aliphatic heterocycles. The number of aliphatic hydroxyl groups excluding tert-OH is 1. The summed E-state index contributed by atoms with van der Waals surface area (Å²) >= 11 is 0.926. The highest BCUT2D eigenvalue weighted by Gasteiger charge is 2.18. The molecule has 1 amide bonds. The predicted octanol–water partition coefficient (Wildman–Crippen LogP) is 2.29. The van der Waals surface area contributed by atoms with Gasteiger partial charge in [-0.05, 0) is 26.8 Å². The number of aliphatic hydroxyl groups is 1. The van der Waals surface area contributed by atoms with Gasteiger partial charge in [-0.3, -0.25) is 5.32 Å². The molecule has 4 N–H and O–H groups in total. The summed E-state index contributed by atoms with van der Waals surface area (Å²) in [5, 5.41) is 30.7. The second kappa shape index (κ2) is 9.24. The highest BCUT2D eigenvalue weighted by Crippen LogP contribution is 2.40. The molecule has 0 saturated heterocycles. The minimum Gasteiger partial charge on any atom is -0.503 e. The molecule has 1 rings (SSSR count). The van der Waals surface area contributed by atoms with E-state index in [1.165, 1.54) is 12.1 Å². The third-order valence-electron chi connectivity index (χ3n) is 2.61. The molecule has 1 aromatic rings. The quantitative estimate of drug-likeness (QED) is 0.411. The topological polar surface area (TPSA) is 125 Å². The Kier molecular flexibility index (Phi) is 7.66. The van der Waals surface area contributed by atoms with Gasteiger partial charge in [-0.15, -0.1) is 11.8 Å². The van der Waals surface area contributed by atoms with Crippen LogP contribution in [0.3, 0.4) is 0 Å². The van der Waals surface area contributed by atoms with Crippen LogP contribution in [-0.2, 0) is 9.53 Å². The fourth-order valence-corrected chi connectivity index (χ4v) is 2.56. The summed E-state index contributed by atoms with van der Waals surface area (Å²) in [6, 6.07) is 2.87. The largest absolute Gasteiger partial charge is 0.503 e. The number of hydrogen-bond acceptors (Lipinski definition) is 7. The van der Waals surface area contributed by atoms with Gasteiger partial charge in [-0.1, -0.05) is 0 Å². The van der Waals surface area contributed by atoms with E-state index >= 15 is 0 Å². The first-order valence-electron chi connectivity index (χ1n) is 7.25. The summed E-state index contributed by atoms with van der Waals surface area (Å²) in [4.78, 5) is 22.6. The smallest absolute Gasteiger partial charge is 0.411 e. The van der Waals surface area contributed by atoms with Gasteiger partial charge in [-0.2, -0.15) is 0 Å². The van der Waals surface area contributed by atoms with Crippen molar-refractivity contribution in [3.05, 3.63) is 12.1 Å². The molecule has 0 aliphatic rings. The second-order valence-corrected chi connectivity index (χ2v) is 6.06. The van der Waals surface area contributed by atoms with Crippen LogP contribution < -0.4 is 10.1 Å². The molecule has 9 heteroatoms. The van der Waals surface area contributed by atoms with E-state index in [9.17, 15) is 19.8 Å². The minimum atomic E-state index is -1.58. The first-order chi connectivity index (χ1) is 11.2. The van der Waals surface area contributed by atoms with E-state index < -0.39 is 18.2 Å². The summed E-state index contributed by atoms with van der Waals surface area (Å²) in [6.45, 7) is 5.43. The molecule has 0 aromatic heterocycles. The fraction of sp³-hybridized carbons (Fsp3) is 0.467. The standard InChI is InChI=1S/C15H21NO7S/c1-4-22-11-5-9(16-15(21)23-8(2)3)6-12(13(11)18)24-7-10(17)14(19)20/h5-6,8,10,17-18H,4,7H2,1-3H3,(H,16,21)(H,19,20). The summed E-state index contributed by atoms with van der Waals surface area (Å²) in [6.07, 6.45) is -2.54. The number of ether oxygens (including phenoxy) is 2. The maximum absolute atomic E-state index is 11.7. The van der Waals surface area contributed by atoms with Crippen molar-refractivity contribution < 1.29 is 34.4 Å². The number of amides is 1. The number of carbonyl (C=O) groups excluding carboxylic acids is 1. The van der Waals surface area contributed by atoms with E-state index in [-0.39, 0.29) is 34.9 Å². The number of phenolic OH excluding ortho intramolecular Hbond substituents is 1. The number of carboxylic acids is 1. The van der Waals surface area contributed by atoms with Crippen LogP contribution in [0.2, 0.25) is 0 Å². The van der Waals surface area contributed by atoms with Gasteiger partial charge in [0.1, 0.15) is 0 Å². The number of rotatable bonds is 8. The van der Waals surface area contributed by atoms with Crippen LogP contribution in [0.1, 0.15) is 20.8 Å². The maximum atomic E-state index is 11.7. The fourth-order valence-electron chi connectivity index (χ4n) is 1.63. The average Bonchev–Trinajstić information content (AvgIpc) is 2.47. The second-order valence-electron chi connectivity index (χ2n) is 5.00. The molecule has 0 spiro atoms. The number of carboxylic acid groups (broad SMARTS) is 1. The number of aromatic hydroxyl groups is 1. The molecule has 134 valence electrons. The molecule has 24 heavy (non-hydrogen) atoms. The van der Waals surface area contributed by atoms with E-state index in [1.54, 1.807) is 20.8 Å². The normalized spacial score (nSPS) is 11.9. The predicted molar refractivity (Wildman–Crippen MR) is 88.9 cm³/mol. The van der Waals surface area contributed by atoms with Crippen molar-refractivity contribution in [3.63, 3.8) is 0 Å². The van der Waals surface area contributed by atoms with E-state index in [0.717, 1.165) is 11.8 Å². The molecule has 0 radical (unpaired) electrons. The zero-order valence-electron chi connectivity index (χ0n) is 13.6. The molecular weight excluding hydrogens is 338 g/mol. The molecule has 0 saturated carbocycles. The third-order valence-corrected chi connectivity index (χ3v) is 3.72. The molecule has 0 heterocycles. The first kappa shape index (κ1) is 19.9. The summed E-state index contributed by atoms with van der Waals surface area (Å²) in [7, 11) is 0. The lowest BCUT2D eigenvalue weighted by Gasteiger charge is -2.15. The van der Waals surface area contributed by atoms with Crippen LogP contribution in [0.25, 0.3) is 0 Å². The monoisotopic (exact) mass is 359 g/mol. The zero-order chi connectivity index (χ0) is 18.3. The number of thioether (sulfide) groups is 1. The SMILES string of the molecule is CCOc1cc(NC(=O)OC(C)C)cc(SCC(O)C(=O)O)c1O. The molecule has 0 bridgehead atoms. The Balaban J connectivity index is 2.99. The average molecular weight is 359 g/mol. The maximum Gasteiger partial charge on any atom is 0.411 e. The van der Waals surface area contributed by atoms with Crippen molar-refractivity contribution in [2.75, 3.05) is 17.7 Å². The Bertz CT molecular complexity index is 591. The van der Waals surface area contributed by atoms with Gasteiger partial charge in [0.15, 0.2) is 17.6 Å². The van der Waals surface area contributed by atoms with Crippen molar-refractivity contribution in [1.82, 2.24) is 0 Å². The molecule has 1 atom stereocenters. The number of benzene rings is 1. The number of anilines is 1. The van der Waals surface area contributed by atoms with Crippen molar-refractivity contribution in [2.24, 2.45) is 0 Å². The number of carbonyl (C=O) groups is 2. The van der Waals surface area contributed by atoms with E-state index in [4.69, 9.17) is 14.6 Å². The molecule has 1 unspecified atom stereocenters.